The highest BCUT2D eigenvalue weighted by molar-refractivity contribution is 6.06. The Morgan fingerprint density at radius 1 is 1.11 bits per heavy atom. The predicted molar refractivity (Wildman–Crippen MR) is 71.6 cm³/mol. The van der Waals surface area contributed by atoms with Crippen LogP contribution in [0.2, 0.25) is 0 Å². The molecule has 0 saturated carbocycles. The lowest BCUT2D eigenvalue weighted by molar-refractivity contribution is -0.125. The summed E-state index contributed by atoms with van der Waals surface area (Å²) in [4.78, 5) is 0. The van der Waals surface area contributed by atoms with E-state index in [2.05, 4.69) is 0 Å². The van der Waals surface area contributed by atoms with Crippen molar-refractivity contribution in [3.63, 3.8) is 0 Å². The van der Waals surface area contributed by atoms with Crippen molar-refractivity contribution in [2.45, 2.75) is 25.9 Å². The van der Waals surface area contributed by atoms with E-state index in [9.17, 15) is 13.2 Å². The van der Waals surface area contributed by atoms with Crippen molar-refractivity contribution in [3.05, 3.63) is 59.7 Å². The average Bonchev–Trinajstić information content (AvgIpc) is 2.33. The number of nitrogens with one attached hydrogen (secondary N) is 1. The van der Waals surface area contributed by atoms with Crippen LogP contribution in [0.25, 0.3) is 0 Å². The van der Waals surface area contributed by atoms with Crippen molar-refractivity contribution in [2.75, 3.05) is 0 Å². The molecule has 0 spiro atoms. The second kappa shape index (κ2) is 6.92. The van der Waals surface area contributed by atoms with Crippen molar-refractivity contribution in [1.29, 1.82) is 5.41 Å². The summed E-state index contributed by atoms with van der Waals surface area (Å²) in [6, 6.07) is 7.53. The van der Waals surface area contributed by atoms with Crippen molar-refractivity contribution in [2.24, 2.45) is 0 Å². The van der Waals surface area contributed by atoms with Gasteiger partial charge < -0.3 is 5.41 Å². The fourth-order valence-corrected chi connectivity index (χ4v) is 1.41. The largest absolute Gasteiger partial charge is 0.392 e. The van der Waals surface area contributed by atoms with E-state index in [1.54, 1.807) is 12.2 Å². The first-order chi connectivity index (χ1) is 8.88. The summed E-state index contributed by atoms with van der Waals surface area (Å²) < 4.78 is 35.5. The zero-order valence-corrected chi connectivity index (χ0v) is 10.7. The number of hydrogen-bond donors (Lipinski definition) is 1. The molecule has 1 aromatic carbocycles. The van der Waals surface area contributed by atoms with Gasteiger partial charge in [-0.25, -0.2) is 0 Å². The van der Waals surface area contributed by atoms with E-state index in [1.165, 1.54) is 6.08 Å². The minimum atomic E-state index is -4.14. The minimum absolute atomic E-state index is 0.351. The summed E-state index contributed by atoms with van der Waals surface area (Å²) in [5.41, 5.74) is 2.26. The van der Waals surface area contributed by atoms with Crippen molar-refractivity contribution < 1.29 is 13.2 Å². The third kappa shape index (κ3) is 6.60. The Hall–Kier alpha value is -1.84. The number of halogens is 3. The Bertz CT molecular complexity index is 467. The van der Waals surface area contributed by atoms with Gasteiger partial charge in [-0.3, -0.25) is 0 Å². The van der Waals surface area contributed by atoms with Gasteiger partial charge in [-0.2, -0.15) is 13.2 Å². The number of aryl methyl sites for hydroxylation is 1. The van der Waals surface area contributed by atoms with Gasteiger partial charge in [-0.15, -0.1) is 0 Å². The molecule has 0 atom stereocenters. The van der Waals surface area contributed by atoms with Crippen LogP contribution in [0.5, 0.6) is 0 Å². The molecular weight excluding hydrogens is 251 g/mol. The summed E-state index contributed by atoms with van der Waals surface area (Å²) >= 11 is 0. The summed E-state index contributed by atoms with van der Waals surface area (Å²) in [6.07, 6.45) is 1.17. The van der Waals surface area contributed by atoms with Crippen LogP contribution in [0, 0.1) is 12.3 Å². The van der Waals surface area contributed by atoms with Crippen LogP contribution < -0.4 is 0 Å². The molecule has 0 aromatic heterocycles. The molecule has 19 heavy (non-hydrogen) atoms. The molecule has 0 bridgehead atoms. The highest BCUT2D eigenvalue weighted by atomic mass is 19.4. The first-order valence-corrected chi connectivity index (χ1v) is 5.92. The molecular formula is C15H16F3N. The van der Waals surface area contributed by atoms with Gasteiger partial charge in [-0.05, 0) is 25.0 Å². The van der Waals surface area contributed by atoms with Crippen LogP contribution in [0.15, 0.2) is 48.6 Å². The van der Waals surface area contributed by atoms with Crippen molar-refractivity contribution in [3.8, 4) is 0 Å². The highest BCUT2D eigenvalue weighted by Crippen LogP contribution is 2.19. The normalized spacial score (nSPS) is 12.4. The molecule has 1 rings (SSSR count). The highest BCUT2D eigenvalue weighted by Gasteiger charge is 2.24. The van der Waals surface area contributed by atoms with Gasteiger partial charge in [0.05, 0.1) is 12.1 Å². The van der Waals surface area contributed by atoms with Gasteiger partial charge in [0.1, 0.15) is 0 Å². The second-order valence-electron chi connectivity index (χ2n) is 4.21. The SMILES string of the molecule is Cc1ccc(C(=N)/C=C/C/C=C\CC(F)(F)F)cc1. The smallest absolute Gasteiger partial charge is 0.300 e. The molecule has 0 amide bonds. The Morgan fingerprint density at radius 2 is 1.74 bits per heavy atom. The monoisotopic (exact) mass is 267 g/mol. The van der Waals surface area contributed by atoms with E-state index in [0.29, 0.717) is 12.1 Å². The summed E-state index contributed by atoms with van der Waals surface area (Å²) in [6.45, 7) is 1.97. The Morgan fingerprint density at radius 3 is 2.32 bits per heavy atom. The third-order valence-corrected chi connectivity index (χ3v) is 2.44. The topological polar surface area (TPSA) is 23.9 Å². The quantitative estimate of drug-likeness (QED) is 0.584. The fourth-order valence-electron chi connectivity index (χ4n) is 1.41. The number of hydrogen-bond acceptors (Lipinski definition) is 1. The van der Waals surface area contributed by atoms with Crippen molar-refractivity contribution in [1.82, 2.24) is 0 Å². The fraction of sp³-hybridized carbons (Fsp3) is 0.267. The van der Waals surface area contributed by atoms with E-state index < -0.39 is 12.6 Å². The maximum atomic E-state index is 11.8. The predicted octanol–water partition coefficient (Wildman–Crippen LogP) is 4.82. The van der Waals surface area contributed by atoms with Crippen LogP contribution >= 0.6 is 0 Å². The first-order valence-electron chi connectivity index (χ1n) is 5.92. The zero-order valence-electron chi connectivity index (χ0n) is 10.7. The molecule has 0 saturated heterocycles. The number of benzene rings is 1. The maximum absolute atomic E-state index is 11.8. The first kappa shape index (κ1) is 15.2. The summed E-state index contributed by atoms with van der Waals surface area (Å²) in [5.74, 6) is 0. The van der Waals surface area contributed by atoms with Crippen LogP contribution in [0.4, 0.5) is 13.2 Å². The number of alkyl halides is 3. The van der Waals surface area contributed by atoms with Crippen LogP contribution in [0.3, 0.4) is 0 Å². The molecule has 0 aliphatic carbocycles. The average molecular weight is 267 g/mol. The minimum Gasteiger partial charge on any atom is -0.300 e. The lowest BCUT2D eigenvalue weighted by Crippen LogP contribution is -2.03. The zero-order chi connectivity index (χ0) is 14.3. The Labute approximate surface area is 111 Å². The van der Waals surface area contributed by atoms with E-state index in [-0.39, 0.29) is 0 Å². The van der Waals surface area contributed by atoms with Crippen molar-refractivity contribution >= 4 is 5.71 Å². The molecule has 1 aromatic rings. The molecule has 1 nitrogen and oxygen atoms in total. The molecule has 4 heteroatoms. The molecule has 0 unspecified atom stereocenters. The molecule has 0 fully saturated rings. The maximum Gasteiger partial charge on any atom is 0.392 e. The molecule has 0 aliphatic heterocycles. The van der Waals surface area contributed by atoms with Crippen LogP contribution in [-0.4, -0.2) is 11.9 Å². The Balaban J connectivity index is 2.41. The van der Waals surface area contributed by atoms with Gasteiger partial charge in [0.15, 0.2) is 0 Å². The third-order valence-electron chi connectivity index (χ3n) is 2.44. The molecule has 0 heterocycles. The molecule has 102 valence electrons. The second-order valence-corrected chi connectivity index (χ2v) is 4.21. The summed E-state index contributed by atoms with van der Waals surface area (Å²) in [7, 11) is 0. The van der Waals surface area contributed by atoms with E-state index >= 15 is 0 Å². The molecule has 0 radical (unpaired) electrons. The van der Waals surface area contributed by atoms with E-state index in [1.807, 2.05) is 31.2 Å². The summed E-state index contributed by atoms with van der Waals surface area (Å²) in [5, 5.41) is 7.79. The molecule has 0 aliphatic rings. The van der Waals surface area contributed by atoms with Gasteiger partial charge in [0.25, 0.3) is 0 Å². The van der Waals surface area contributed by atoms with Gasteiger partial charge in [0, 0.05) is 0 Å². The standard InChI is InChI=1S/C15H16F3N/c1-12-7-9-13(10-8-12)14(19)6-4-2-3-5-11-15(16,17)18/h3-10,19H,2,11H2,1H3/b5-3-,6-4+,19-14?. The van der Waals surface area contributed by atoms with E-state index in [0.717, 1.165) is 17.2 Å². The molecule has 1 N–H and O–H groups in total. The van der Waals surface area contributed by atoms with E-state index in [4.69, 9.17) is 5.41 Å². The number of rotatable bonds is 5. The van der Waals surface area contributed by atoms with Crippen LogP contribution in [0.1, 0.15) is 24.0 Å². The lowest BCUT2D eigenvalue weighted by Gasteiger charge is -2.00. The van der Waals surface area contributed by atoms with Gasteiger partial charge in [0.2, 0.25) is 0 Å². The lowest BCUT2D eigenvalue weighted by atomic mass is 10.1. The van der Waals surface area contributed by atoms with Gasteiger partial charge in [-0.1, -0.05) is 48.1 Å². The van der Waals surface area contributed by atoms with Crippen LogP contribution in [-0.2, 0) is 0 Å². The number of allylic oxidation sites excluding steroid dienone is 4. The Kier molecular flexibility index (Phi) is 5.55. The van der Waals surface area contributed by atoms with Gasteiger partial charge >= 0.3 is 6.18 Å².